The molecule has 0 bridgehead atoms. The Balaban J connectivity index is 1.40. The van der Waals surface area contributed by atoms with E-state index in [9.17, 15) is 9.59 Å². The summed E-state index contributed by atoms with van der Waals surface area (Å²) in [4.78, 5) is 27.8. The van der Waals surface area contributed by atoms with Crippen LogP contribution in [0.4, 0.5) is 0 Å². The summed E-state index contributed by atoms with van der Waals surface area (Å²) in [7, 11) is 1.73. The second kappa shape index (κ2) is 10.3. The summed E-state index contributed by atoms with van der Waals surface area (Å²) in [6.45, 7) is 1.36. The summed E-state index contributed by atoms with van der Waals surface area (Å²) in [6.07, 6.45) is 9.09. The van der Waals surface area contributed by atoms with Gasteiger partial charge in [0.05, 0.1) is 5.41 Å². The summed E-state index contributed by atoms with van der Waals surface area (Å²) in [6, 6.07) is 18.9. The predicted molar refractivity (Wildman–Crippen MR) is 129 cm³/mol. The van der Waals surface area contributed by atoms with Gasteiger partial charge in [-0.25, -0.2) is 0 Å². The number of rotatable bonds is 6. The van der Waals surface area contributed by atoms with Crippen LogP contribution in [0.2, 0.25) is 0 Å². The van der Waals surface area contributed by atoms with Crippen LogP contribution in [0.25, 0.3) is 11.1 Å². The molecule has 0 spiro atoms. The maximum absolute atomic E-state index is 13.0. The van der Waals surface area contributed by atoms with Crippen molar-refractivity contribution in [1.29, 1.82) is 0 Å². The van der Waals surface area contributed by atoms with Crippen molar-refractivity contribution in [1.82, 2.24) is 10.2 Å². The zero-order valence-electron chi connectivity index (χ0n) is 19.3. The molecule has 32 heavy (non-hydrogen) atoms. The van der Waals surface area contributed by atoms with Crippen LogP contribution in [0.5, 0.6) is 0 Å². The number of hydrogen-bond acceptors (Lipinski definition) is 2. The van der Waals surface area contributed by atoms with Crippen molar-refractivity contribution >= 4 is 11.8 Å². The van der Waals surface area contributed by atoms with Crippen molar-refractivity contribution in [2.45, 2.75) is 57.8 Å². The first-order valence-corrected chi connectivity index (χ1v) is 12.2. The first-order chi connectivity index (χ1) is 15.6. The molecular formula is C28H36N2O2. The lowest BCUT2D eigenvalue weighted by Crippen LogP contribution is -2.50. The highest BCUT2D eigenvalue weighted by atomic mass is 16.2. The standard InChI is InChI=1S/C28H36N2O2/c1-29-27(32)28(21-23-12-14-25(15-13-23)24-10-6-3-7-11-24)16-18-30(19-17-28)26(31)20-22-8-4-2-5-9-22/h3,6-7,10-15,22H,2,4-5,8-9,16-21H2,1H3,(H,29,32). The first kappa shape index (κ1) is 22.6. The van der Waals surface area contributed by atoms with Crippen LogP contribution in [0.1, 0.15) is 56.9 Å². The summed E-state index contributed by atoms with van der Waals surface area (Å²) in [5.74, 6) is 0.948. The van der Waals surface area contributed by atoms with E-state index in [1.807, 2.05) is 23.1 Å². The topological polar surface area (TPSA) is 49.4 Å². The van der Waals surface area contributed by atoms with E-state index in [1.54, 1.807) is 7.05 Å². The molecule has 0 radical (unpaired) electrons. The fraction of sp³-hybridized carbons (Fsp3) is 0.500. The molecule has 4 rings (SSSR count). The lowest BCUT2D eigenvalue weighted by atomic mass is 9.72. The van der Waals surface area contributed by atoms with Gasteiger partial charge in [-0.3, -0.25) is 9.59 Å². The van der Waals surface area contributed by atoms with Gasteiger partial charge in [0, 0.05) is 26.6 Å². The molecule has 170 valence electrons. The number of benzene rings is 2. The third-order valence-corrected chi connectivity index (χ3v) is 7.57. The highest BCUT2D eigenvalue weighted by Crippen LogP contribution is 2.37. The number of hydrogen-bond donors (Lipinski definition) is 1. The van der Waals surface area contributed by atoms with Crippen LogP contribution in [0, 0.1) is 11.3 Å². The molecule has 2 aromatic carbocycles. The molecule has 2 aliphatic rings. The normalized spacial score (nSPS) is 18.8. The molecule has 2 amide bonds. The SMILES string of the molecule is CNC(=O)C1(Cc2ccc(-c3ccccc3)cc2)CCN(C(=O)CC2CCCCC2)CC1. The minimum absolute atomic E-state index is 0.101. The molecule has 0 atom stereocenters. The Morgan fingerprint density at radius 1 is 0.906 bits per heavy atom. The lowest BCUT2D eigenvalue weighted by Gasteiger charge is -2.41. The summed E-state index contributed by atoms with van der Waals surface area (Å²) in [5, 5.41) is 2.90. The maximum Gasteiger partial charge on any atom is 0.226 e. The minimum Gasteiger partial charge on any atom is -0.359 e. The number of carbonyl (C=O) groups is 2. The van der Waals surface area contributed by atoms with Crippen molar-refractivity contribution in [2.75, 3.05) is 20.1 Å². The van der Waals surface area contributed by atoms with Crippen LogP contribution in [0.15, 0.2) is 54.6 Å². The van der Waals surface area contributed by atoms with E-state index in [-0.39, 0.29) is 11.8 Å². The van der Waals surface area contributed by atoms with E-state index in [1.165, 1.54) is 48.8 Å². The number of piperidine rings is 1. The molecule has 4 nitrogen and oxygen atoms in total. The lowest BCUT2D eigenvalue weighted by molar-refractivity contribution is -0.141. The van der Waals surface area contributed by atoms with Crippen LogP contribution in [-0.4, -0.2) is 36.9 Å². The minimum atomic E-state index is -0.440. The average molecular weight is 433 g/mol. The van der Waals surface area contributed by atoms with E-state index in [4.69, 9.17) is 0 Å². The van der Waals surface area contributed by atoms with E-state index >= 15 is 0 Å². The van der Waals surface area contributed by atoms with Gasteiger partial charge in [0.15, 0.2) is 0 Å². The van der Waals surface area contributed by atoms with Crippen LogP contribution in [0.3, 0.4) is 0 Å². The van der Waals surface area contributed by atoms with Crippen LogP contribution < -0.4 is 5.32 Å². The Hall–Kier alpha value is -2.62. The van der Waals surface area contributed by atoms with Gasteiger partial charge in [0.2, 0.25) is 11.8 Å². The van der Waals surface area contributed by atoms with Gasteiger partial charge in [0.1, 0.15) is 0 Å². The molecule has 2 fully saturated rings. The van der Waals surface area contributed by atoms with Gasteiger partial charge in [0.25, 0.3) is 0 Å². The second-order valence-electron chi connectivity index (χ2n) is 9.69. The Morgan fingerprint density at radius 2 is 1.53 bits per heavy atom. The Morgan fingerprint density at radius 3 is 2.16 bits per heavy atom. The van der Waals surface area contributed by atoms with Crippen molar-refractivity contribution in [3.63, 3.8) is 0 Å². The van der Waals surface area contributed by atoms with E-state index in [2.05, 4.69) is 41.7 Å². The van der Waals surface area contributed by atoms with Crippen molar-refractivity contribution < 1.29 is 9.59 Å². The third kappa shape index (κ3) is 5.23. The fourth-order valence-electron chi connectivity index (χ4n) is 5.54. The van der Waals surface area contributed by atoms with Gasteiger partial charge in [-0.05, 0) is 54.7 Å². The van der Waals surface area contributed by atoms with Gasteiger partial charge in [-0.2, -0.15) is 0 Å². The zero-order valence-corrected chi connectivity index (χ0v) is 19.3. The number of amides is 2. The molecule has 1 aliphatic carbocycles. The summed E-state index contributed by atoms with van der Waals surface area (Å²) < 4.78 is 0. The van der Waals surface area contributed by atoms with Crippen molar-refractivity contribution in [2.24, 2.45) is 11.3 Å². The molecule has 2 aromatic rings. The molecule has 1 saturated heterocycles. The van der Waals surface area contributed by atoms with Crippen LogP contribution in [-0.2, 0) is 16.0 Å². The summed E-state index contributed by atoms with van der Waals surface area (Å²) in [5.41, 5.74) is 3.12. The Bertz CT molecular complexity index is 893. The Kier molecular flexibility index (Phi) is 7.29. The van der Waals surface area contributed by atoms with E-state index in [0.717, 1.165) is 12.8 Å². The third-order valence-electron chi connectivity index (χ3n) is 7.57. The number of likely N-dealkylation sites (tertiary alicyclic amines) is 1. The summed E-state index contributed by atoms with van der Waals surface area (Å²) >= 11 is 0. The molecule has 4 heteroatoms. The fourth-order valence-corrected chi connectivity index (χ4v) is 5.54. The molecule has 0 unspecified atom stereocenters. The molecule has 1 aliphatic heterocycles. The number of nitrogens with zero attached hydrogens (tertiary/aromatic N) is 1. The van der Waals surface area contributed by atoms with Gasteiger partial charge >= 0.3 is 0 Å². The molecular weight excluding hydrogens is 396 g/mol. The highest BCUT2D eigenvalue weighted by Gasteiger charge is 2.42. The van der Waals surface area contributed by atoms with Crippen LogP contribution >= 0.6 is 0 Å². The molecule has 1 N–H and O–H groups in total. The smallest absolute Gasteiger partial charge is 0.226 e. The van der Waals surface area contributed by atoms with Crippen molar-refractivity contribution in [3.05, 3.63) is 60.2 Å². The second-order valence-corrected chi connectivity index (χ2v) is 9.69. The first-order valence-electron chi connectivity index (χ1n) is 12.2. The maximum atomic E-state index is 13.0. The van der Waals surface area contributed by atoms with Crippen molar-refractivity contribution in [3.8, 4) is 11.1 Å². The molecule has 0 aromatic heterocycles. The quantitative estimate of drug-likeness (QED) is 0.680. The highest BCUT2D eigenvalue weighted by molar-refractivity contribution is 5.83. The van der Waals surface area contributed by atoms with Gasteiger partial charge in [-0.1, -0.05) is 73.9 Å². The van der Waals surface area contributed by atoms with E-state index in [0.29, 0.717) is 31.8 Å². The largest absolute Gasteiger partial charge is 0.359 e. The van der Waals surface area contributed by atoms with E-state index < -0.39 is 5.41 Å². The Labute approximate surface area is 192 Å². The van der Waals surface area contributed by atoms with Gasteiger partial charge in [-0.15, -0.1) is 0 Å². The average Bonchev–Trinajstić information content (AvgIpc) is 2.85. The number of nitrogens with one attached hydrogen (secondary N) is 1. The molecule has 1 saturated carbocycles. The monoisotopic (exact) mass is 432 g/mol. The van der Waals surface area contributed by atoms with Gasteiger partial charge < -0.3 is 10.2 Å². The predicted octanol–water partition coefficient (Wildman–Crippen LogP) is 5.22. The molecule has 1 heterocycles. The number of carbonyl (C=O) groups excluding carboxylic acids is 2. The zero-order chi connectivity index (χ0) is 22.4.